The summed E-state index contributed by atoms with van der Waals surface area (Å²) >= 11 is 0. The number of aromatic nitrogens is 7. The molecule has 166 valence electrons. The maximum atomic E-state index is 12.9. The molecule has 0 saturated carbocycles. The number of amides is 1. The monoisotopic (exact) mass is 443 g/mol. The van der Waals surface area contributed by atoms with Gasteiger partial charge < -0.3 is 24.4 Å². The van der Waals surface area contributed by atoms with Gasteiger partial charge in [0.25, 0.3) is 5.91 Å². The Morgan fingerprint density at radius 3 is 2.79 bits per heavy atom. The van der Waals surface area contributed by atoms with Crippen LogP contribution in [0, 0.1) is 6.92 Å². The van der Waals surface area contributed by atoms with Crippen molar-refractivity contribution >= 4 is 17.4 Å². The first-order chi connectivity index (χ1) is 16.0. The quantitative estimate of drug-likeness (QED) is 0.406. The first kappa shape index (κ1) is 20.4. The van der Waals surface area contributed by atoms with E-state index in [9.17, 15) is 4.79 Å². The molecule has 11 nitrogen and oxygen atoms in total. The summed E-state index contributed by atoms with van der Waals surface area (Å²) in [4.78, 5) is 34.7. The number of aryl methyl sites for hydroxylation is 2. The van der Waals surface area contributed by atoms with E-state index in [4.69, 9.17) is 10.2 Å². The molecule has 11 heteroatoms. The fraction of sp³-hybridized carbons (Fsp3) is 0.182. The summed E-state index contributed by atoms with van der Waals surface area (Å²) in [5, 5.41) is 2.84. The molecule has 5 rings (SSSR count). The van der Waals surface area contributed by atoms with Gasteiger partial charge in [-0.3, -0.25) is 4.79 Å². The minimum atomic E-state index is -0.422. The number of fused-ring (bicyclic) bond motifs is 1. The Bertz CT molecular complexity index is 1450. The molecular formula is C22H21N9O2. The first-order valence-corrected chi connectivity index (χ1v) is 10.3. The number of oxazole rings is 1. The minimum absolute atomic E-state index is 0.0127. The summed E-state index contributed by atoms with van der Waals surface area (Å²) in [5.74, 6) is 0.683. The Hall–Kier alpha value is -4.54. The Kier molecular flexibility index (Phi) is 5.05. The molecule has 0 radical (unpaired) electrons. The number of nitrogens with zero attached hydrogens (tertiary/aromatic N) is 7. The van der Waals surface area contributed by atoms with Crippen LogP contribution in [0.1, 0.15) is 22.0 Å². The summed E-state index contributed by atoms with van der Waals surface area (Å²) in [6.07, 6.45) is 10.8. The predicted octanol–water partition coefficient (Wildman–Crippen LogP) is 2.04. The molecule has 0 aromatic carbocycles. The van der Waals surface area contributed by atoms with Crippen molar-refractivity contribution in [1.29, 1.82) is 0 Å². The highest BCUT2D eigenvalue weighted by molar-refractivity contribution is 5.97. The average Bonchev–Trinajstić information content (AvgIpc) is 3.56. The molecule has 3 N–H and O–H groups in total. The van der Waals surface area contributed by atoms with Crippen LogP contribution in [0.25, 0.3) is 28.5 Å². The van der Waals surface area contributed by atoms with Crippen LogP contribution in [0.5, 0.6) is 0 Å². The number of carbonyl (C=O) groups is 1. The maximum absolute atomic E-state index is 12.9. The van der Waals surface area contributed by atoms with Crippen molar-refractivity contribution in [3.05, 3.63) is 66.6 Å². The van der Waals surface area contributed by atoms with Crippen LogP contribution in [0.4, 0.5) is 5.82 Å². The number of imidazole rings is 2. The number of nitrogens with two attached hydrogens (primary N) is 1. The summed E-state index contributed by atoms with van der Waals surface area (Å²) in [7, 11) is 1.90. The molecule has 0 aliphatic heterocycles. The number of anilines is 1. The van der Waals surface area contributed by atoms with Crippen LogP contribution in [0.2, 0.25) is 0 Å². The molecule has 5 aromatic heterocycles. The smallest absolute Gasteiger partial charge is 0.273 e. The van der Waals surface area contributed by atoms with Crippen molar-refractivity contribution in [1.82, 2.24) is 39.2 Å². The van der Waals surface area contributed by atoms with Gasteiger partial charge in [-0.15, -0.1) is 0 Å². The summed E-state index contributed by atoms with van der Waals surface area (Å²) in [5.41, 5.74) is 9.40. The van der Waals surface area contributed by atoms with Gasteiger partial charge in [-0.2, -0.15) is 0 Å². The number of carbonyl (C=O) groups excluding carboxylic acids is 1. The van der Waals surface area contributed by atoms with Gasteiger partial charge in [-0.05, 0) is 19.1 Å². The molecule has 0 saturated heterocycles. The van der Waals surface area contributed by atoms with E-state index in [-0.39, 0.29) is 17.4 Å². The van der Waals surface area contributed by atoms with Gasteiger partial charge >= 0.3 is 0 Å². The van der Waals surface area contributed by atoms with E-state index >= 15 is 0 Å². The predicted molar refractivity (Wildman–Crippen MR) is 120 cm³/mol. The molecular weight excluding hydrogens is 422 g/mol. The molecule has 1 amide bonds. The normalized spacial score (nSPS) is 11.2. The van der Waals surface area contributed by atoms with E-state index in [0.717, 1.165) is 17.2 Å². The molecule has 0 atom stereocenters. The largest absolute Gasteiger partial charge is 0.443 e. The summed E-state index contributed by atoms with van der Waals surface area (Å²) in [6.45, 7) is 2.33. The second-order valence-electron chi connectivity index (χ2n) is 7.50. The van der Waals surface area contributed by atoms with Gasteiger partial charge in [0, 0.05) is 56.1 Å². The van der Waals surface area contributed by atoms with Crippen molar-refractivity contribution in [2.45, 2.75) is 13.3 Å². The lowest BCUT2D eigenvalue weighted by Gasteiger charge is -2.12. The number of hydrogen-bond acceptors (Lipinski definition) is 8. The fourth-order valence-electron chi connectivity index (χ4n) is 3.56. The number of nitrogen functional groups attached to an aromatic ring is 1. The van der Waals surface area contributed by atoms with E-state index < -0.39 is 5.91 Å². The zero-order valence-corrected chi connectivity index (χ0v) is 18.1. The van der Waals surface area contributed by atoms with Gasteiger partial charge in [0.05, 0.1) is 6.20 Å². The lowest BCUT2D eigenvalue weighted by Crippen LogP contribution is -2.28. The fourth-order valence-corrected chi connectivity index (χ4v) is 3.56. The van der Waals surface area contributed by atoms with Gasteiger partial charge in [-0.1, -0.05) is 0 Å². The number of pyridine rings is 1. The van der Waals surface area contributed by atoms with Crippen LogP contribution < -0.4 is 11.1 Å². The Balaban J connectivity index is 1.52. The van der Waals surface area contributed by atoms with Crippen LogP contribution in [0.3, 0.4) is 0 Å². The number of rotatable bonds is 6. The highest BCUT2D eigenvalue weighted by Gasteiger charge is 2.22. The van der Waals surface area contributed by atoms with Crippen molar-refractivity contribution < 1.29 is 9.21 Å². The molecule has 0 spiro atoms. The zero-order valence-electron chi connectivity index (χ0n) is 18.1. The first-order valence-electron chi connectivity index (χ1n) is 10.3. The van der Waals surface area contributed by atoms with E-state index in [1.807, 2.05) is 47.5 Å². The molecule has 5 heterocycles. The lowest BCUT2D eigenvalue weighted by atomic mass is 10.1. The molecule has 5 aromatic rings. The number of hydrogen-bond donors (Lipinski definition) is 2. The van der Waals surface area contributed by atoms with Crippen LogP contribution >= 0.6 is 0 Å². The third-order valence-corrected chi connectivity index (χ3v) is 5.29. The Labute approximate surface area is 188 Å². The van der Waals surface area contributed by atoms with Crippen LogP contribution in [0.15, 0.2) is 53.8 Å². The van der Waals surface area contributed by atoms with Gasteiger partial charge in [0.2, 0.25) is 5.89 Å². The third kappa shape index (κ3) is 3.80. The molecule has 33 heavy (non-hydrogen) atoms. The van der Waals surface area contributed by atoms with E-state index in [2.05, 4.69) is 30.2 Å². The third-order valence-electron chi connectivity index (χ3n) is 5.29. The molecule has 0 aliphatic carbocycles. The van der Waals surface area contributed by atoms with Crippen LogP contribution in [-0.4, -0.2) is 46.3 Å². The molecule has 0 unspecified atom stereocenters. The highest BCUT2D eigenvalue weighted by atomic mass is 16.3. The van der Waals surface area contributed by atoms with Crippen molar-refractivity contribution in [3.63, 3.8) is 0 Å². The molecule has 0 aliphatic rings. The van der Waals surface area contributed by atoms with Gasteiger partial charge in [-0.25, -0.2) is 24.9 Å². The highest BCUT2D eigenvalue weighted by Crippen LogP contribution is 2.30. The molecule has 0 fully saturated rings. The lowest BCUT2D eigenvalue weighted by molar-refractivity contribution is 0.0949. The Morgan fingerprint density at radius 2 is 2.03 bits per heavy atom. The topological polar surface area (TPSA) is 142 Å². The zero-order chi connectivity index (χ0) is 22.9. The van der Waals surface area contributed by atoms with Crippen molar-refractivity contribution in [2.24, 2.45) is 7.05 Å². The average molecular weight is 443 g/mol. The second-order valence-corrected chi connectivity index (χ2v) is 7.50. The van der Waals surface area contributed by atoms with E-state index in [1.165, 1.54) is 12.5 Å². The van der Waals surface area contributed by atoms with Gasteiger partial charge in [0.1, 0.15) is 23.4 Å². The standard InChI is InChI=1S/C22H21N9O2/c1-13-11-27-16-4-3-14(12-31(13)16)17-18(22-26-8-10-33-22)29-20(23)19(28-17)21(32)25-6-5-15-24-7-9-30(15)2/h3-4,7-12H,5-6H2,1-2H3,(H2,23,29)(H,25,32). The minimum Gasteiger partial charge on any atom is -0.443 e. The van der Waals surface area contributed by atoms with Crippen LogP contribution in [-0.2, 0) is 13.5 Å². The second kappa shape index (κ2) is 8.19. The molecule has 0 bridgehead atoms. The number of nitrogens with one attached hydrogen (secondary N) is 1. The van der Waals surface area contributed by atoms with E-state index in [1.54, 1.807) is 12.4 Å². The SMILES string of the molecule is Cc1cnc2ccc(-c3nc(C(=O)NCCc4nccn4C)c(N)nc3-c3ncco3)cn12. The van der Waals surface area contributed by atoms with E-state index in [0.29, 0.717) is 29.9 Å². The van der Waals surface area contributed by atoms with Crippen molar-refractivity contribution in [2.75, 3.05) is 12.3 Å². The summed E-state index contributed by atoms with van der Waals surface area (Å²) in [6, 6.07) is 3.73. The van der Waals surface area contributed by atoms with Crippen molar-refractivity contribution in [3.8, 4) is 22.8 Å². The Morgan fingerprint density at radius 1 is 1.15 bits per heavy atom. The maximum Gasteiger partial charge on any atom is 0.273 e. The van der Waals surface area contributed by atoms with Gasteiger partial charge in [0.15, 0.2) is 17.2 Å². The summed E-state index contributed by atoms with van der Waals surface area (Å²) < 4.78 is 9.28.